The summed E-state index contributed by atoms with van der Waals surface area (Å²) in [5.74, 6) is -2.11. The zero-order valence-corrected chi connectivity index (χ0v) is 10.00. The predicted octanol–water partition coefficient (Wildman–Crippen LogP) is 0.189. The predicted molar refractivity (Wildman–Crippen MR) is 62.0 cm³/mol. The summed E-state index contributed by atoms with van der Waals surface area (Å²) in [6.45, 7) is 1.15. The highest BCUT2D eigenvalue weighted by molar-refractivity contribution is 5.98. The van der Waals surface area contributed by atoms with E-state index in [1.165, 1.54) is 6.20 Å². The molecule has 0 bridgehead atoms. The van der Waals surface area contributed by atoms with Gasteiger partial charge in [-0.05, 0) is 6.42 Å². The molecule has 1 aliphatic rings. The van der Waals surface area contributed by atoms with Crippen molar-refractivity contribution in [3.63, 3.8) is 0 Å². The van der Waals surface area contributed by atoms with Gasteiger partial charge in [0.05, 0.1) is 36.9 Å². The summed E-state index contributed by atoms with van der Waals surface area (Å²) in [7, 11) is 1.60. The van der Waals surface area contributed by atoms with Crippen LogP contribution in [0.2, 0.25) is 0 Å². The number of methoxy groups -OCH3 is 1. The molecule has 0 spiro atoms. The summed E-state index contributed by atoms with van der Waals surface area (Å²) >= 11 is 0. The minimum Gasteiger partial charge on any atom is -0.481 e. The number of nitrogens with one attached hydrogen (secondary N) is 1. The molecule has 1 fully saturated rings. The molecule has 0 aliphatic heterocycles. The zero-order valence-electron chi connectivity index (χ0n) is 10.00. The van der Waals surface area contributed by atoms with E-state index in [-0.39, 0.29) is 5.91 Å². The van der Waals surface area contributed by atoms with Gasteiger partial charge in [0, 0.05) is 13.3 Å². The number of rotatable bonds is 6. The summed E-state index contributed by atoms with van der Waals surface area (Å²) in [6, 6.07) is 0. The first kappa shape index (κ1) is 12.6. The Kier molecular flexibility index (Phi) is 3.61. The second-order valence-electron chi connectivity index (χ2n) is 4.26. The average Bonchev–Trinajstić information content (AvgIpc) is 3.03. The highest BCUT2D eigenvalue weighted by atomic mass is 16.5. The lowest BCUT2D eigenvalue weighted by Gasteiger charge is -2.00. The first-order valence-corrected chi connectivity index (χ1v) is 5.67. The minimum atomic E-state index is -0.911. The summed E-state index contributed by atoms with van der Waals surface area (Å²) < 4.78 is 6.56. The van der Waals surface area contributed by atoms with Gasteiger partial charge in [-0.15, -0.1) is 0 Å². The van der Waals surface area contributed by atoms with E-state index in [0.717, 1.165) is 0 Å². The van der Waals surface area contributed by atoms with Crippen molar-refractivity contribution in [2.75, 3.05) is 19.0 Å². The Bertz CT molecular complexity index is 457. The number of aromatic nitrogens is 2. The molecule has 0 radical (unpaired) electrons. The number of anilines is 1. The van der Waals surface area contributed by atoms with Gasteiger partial charge in [0.15, 0.2) is 0 Å². The van der Waals surface area contributed by atoms with Gasteiger partial charge in [-0.25, -0.2) is 0 Å². The molecule has 1 aromatic rings. The molecule has 18 heavy (non-hydrogen) atoms. The molecule has 98 valence electrons. The van der Waals surface area contributed by atoms with E-state index in [2.05, 4.69) is 10.4 Å². The maximum absolute atomic E-state index is 11.7. The van der Waals surface area contributed by atoms with Crippen LogP contribution in [0.1, 0.15) is 6.42 Å². The minimum absolute atomic E-state index is 0.256. The van der Waals surface area contributed by atoms with Crippen LogP contribution in [0.15, 0.2) is 12.4 Å². The molecule has 7 nitrogen and oxygen atoms in total. The molecule has 7 heteroatoms. The van der Waals surface area contributed by atoms with Crippen LogP contribution in [-0.2, 0) is 20.9 Å². The Morgan fingerprint density at radius 2 is 2.39 bits per heavy atom. The third kappa shape index (κ3) is 2.86. The largest absolute Gasteiger partial charge is 0.481 e. The van der Waals surface area contributed by atoms with Crippen LogP contribution in [0.4, 0.5) is 5.69 Å². The maximum Gasteiger partial charge on any atom is 0.307 e. The quantitative estimate of drug-likeness (QED) is 0.754. The zero-order chi connectivity index (χ0) is 13.1. The Balaban J connectivity index is 1.84. The Morgan fingerprint density at radius 1 is 1.61 bits per heavy atom. The van der Waals surface area contributed by atoms with Crippen molar-refractivity contribution in [1.29, 1.82) is 0 Å². The normalized spacial score (nSPS) is 21.6. The molecule has 2 unspecified atom stereocenters. The summed E-state index contributed by atoms with van der Waals surface area (Å²) in [5, 5.41) is 15.4. The topological polar surface area (TPSA) is 93.5 Å². The number of hydrogen-bond donors (Lipinski definition) is 2. The average molecular weight is 253 g/mol. The van der Waals surface area contributed by atoms with Gasteiger partial charge in [0.1, 0.15) is 0 Å². The highest BCUT2D eigenvalue weighted by Crippen LogP contribution is 2.39. The smallest absolute Gasteiger partial charge is 0.307 e. The van der Waals surface area contributed by atoms with Gasteiger partial charge in [-0.2, -0.15) is 5.10 Å². The number of aliphatic carboxylic acids is 1. The van der Waals surface area contributed by atoms with Gasteiger partial charge in [0.25, 0.3) is 0 Å². The molecular formula is C11H15N3O4. The first-order valence-electron chi connectivity index (χ1n) is 5.67. The van der Waals surface area contributed by atoms with Gasteiger partial charge >= 0.3 is 5.97 Å². The lowest BCUT2D eigenvalue weighted by molar-refractivity contribution is -0.139. The lowest BCUT2D eigenvalue weighted by atomic mass is 10.3. The fourth-order valence-electron chi connectivity index (χ4n) is 1.73. The number of carboxylic acids is 1. The van der Waals surface area contributed by atoms with Crippen LogP contribution in [0.25, 0.3) is 0 Å². The van der Waals surface area contributed by atoms with E-state index >= 15 is 0 Å². The van der Waals surface area contributed by atoms with Crippen molar-refractivity contribution < 1.29 is 19.4 Å². The van der Waals surface area contributed by atoms with Crippen LogP contribution < -0.4 is 5.32 Å². The molecule has 1 saturated carbocycles. The van der Waals surface area contributed by atoms with Crippen molar-refractivity contribution in [3.8, 4) is 0 Å². The summed E-state index contributed by atoms with van der Waals surface area (Å²) in [6.07, 6.45) is 3.64. The molecule has 0 aromatic carbocycles. The first-order chi connectivity index (χ1) is 8.61. The number of hydrogen-bond acceptors (Lipinski definition) is 4. The van der Waals surface area contributed by atoms with Crippen LogP contribution in [0, 0.1) is 11.8 Å². The number of ether oxygens (including phenoxy) is 1. The highest BCUT2D eigenvalue weighted by Gasteiger charge is 2.48. The fraction of sp³-hybridized carbons (Fsp3) is 0.545. The van der Waals surface area contributed by atoms with Gasteiger partial charge in [0.2, 0.25) is 5.91 Å². The van der Waals surface area contributed by atoms with Gasteiger partial charge in [-0.1, -0.05) is 0 Å². The Labute approximate surface area is 104 Å². The molecule has 1 aliphatic carbocycles. The van der Waals surface area contributed by atoms with Crippen molar-refractivity contribution in [3.05, 3.63) is 12.4 Å². The molecule has 1 heterocycles. The number of carbonyl (C=O) groups is 2. The lowest BCUT2D eigenvalue weighted by Crippen LogP contribution is -2.16. The Morgan fingerprint density at radius 3 is 3.00 bits per heavy atom. The van der Waals surface area contributed by atoms with Gasteiger partial charge in [-0.3, -0.25) is 14.3 Å². The summed E-state index contributed by atoms with van der Waals surface area (Å²) in [5.41, 5.74) is 0.576. The van der Waals surface area contributed by atoms with Gasteiger partial charge < -0.3 is 15.2 Å². The third-order valence-corrected chi connectivity index (χ3v) is 2.87. The van der Waals surface area contributed by atoms with Crippen LogP contribution in [0.3, 0.4) is 0 Å². The standard InChI is InChI=1S/C11H15N3O4/c1-18-3-2-14-6-7(5-12-14)13-10(15)8-4-9(8)11(16)17/h5-6,8-9H,2-4H2,1H3,(H,13,15)(H,16,17). The fourth-order valence-corrected chi connectivity index (χ4v) is 1.73. The van der Waals surface area contributed by atoms with Crippen LogP contribution in [-0.4, -0.2) is 40.5 Å². The molecule has 0 saturated heterocycles. The monoisotopic (exact) mass is 253 g/mol. The molecule has 2 rings (SSSR count). The van der Waals surface area contributed by atoms with Crippen LogP contribution in [0.5, 0.6) is 0 Å². The number of amides is 1. The summed E-state index contributed by atoms with van der Waals surface area (Å²) in [4.78, 5) is 22.3. The second kappa shape index (κ2) is 5.18. The maximum atomic E-state index is 11.7. The van der Waals surface area contributed by atoms with E-state index < -0.39 is 17.8 Å². The van der Waals surface area contributed by atoms with Crippen LogP contribution >= 0.6 is 0 Å². The van der Waals surface area contributed by atoms with Crippen molar-refractivity contribution in [1.82, 2.24) is 9.78 Å². The van der Waals surface area contributed by atoms with E-state index in [1.807, 2.05) is 0 Å². The number of nitrogens with zero attached hydrogens (tertiary/aromatic N) is 2. The number of carbonyl (C=O) groups excluding carboxylic acids is 1. The Hall–Kier alpha value is -1.89. The molecular weight excluding hydrogens is 238 g/mol. The molecule has 1 amide bonds. The van der Waals surface area contributed by atoms with E-state index in [9.17, 15) is 9.59 Å². The SMILES string of the molecule is COCCn1cc(NC(=O)C2CC2C(=O)O)cn1. The van der Waals surface area contributed by atoms with Crippen molar-refractivity contribution in [2.24, 2.45) is 11.8 Å². The van der Waals surface area contributed by atoms with E-state index in [4.69, 9.17) is 9.84 Å². The van der Waals surface area contributed by atoms with Crippen molar-refractivity contribution in [2.45, 2.75) is 13.0 Å². The molecule has 2 N–H and O–H groups in total. The van der Waals surface area contributed by atoms with Crippen molar-refractivity contribution >= 4 is 17.6 Å². The molecule has 2 atom stereocenters. The number of carboxylic acid groups (broad SMARTS) is 1. The van der Waals surface area contributed by atoms with E-state index in [0.29, 0.717) is 25.3 Å². The van der Waals surface area contributed by atoms with E-state index in [1.54, 1.807) is 18.0 Å². The molecule has 1 aromatic heterocycles. The second-order valence-corrected chi connectivity index (χ2v) is 4.26. The third-order valence-electron chi connectivity index (χ3n) is 2.87.